The largest absolute Gasteiger partial charge is 0.407 e. The van der Waals surface area contributed by atoms with Gasteiger partial charge in [0.2, 0.25) is 0 Å². The Balaban J connectivity index is 2.61. The maximum Gasteiger partial charge on any atom is 0.0793 e. The van der Waals surface area contributed by atoms with Gasteiger partial charge >= 0.3 is 0 Å². The summed E-state index contributed by atoms with van der Waals surface area (Å²) in [4.78, 5) is 2.89. The van der Waals surface area contributed by atoms with Gasteiger partial charge in [0.05, 0.1) is 7.14 Å². The fourth-order valence-corrected chi connectivity index (χ4v) is 3.63. The van der Waals surface area contributed by atoms with Crippen LogP contribution in [0.3, 0.4) is 0 Å². The lowest BCUT2D eigenvalue weighted by Crippen LogP contribution is -2.17. The summed E-state index contributed by atoms with van der Waals surface area (Å²) in [6.45, 7) is 3.93. The first-order chi connectivity index (χ1) is 9.06. The molecule has 0 unspecified atom stereocenters. The standard InChI is InChI=1S/C15H14N2OP/c1-12-3-7-14(8-4-12)19(18,11-17-16)15-9-5-13(2)6-10-15/h3-10H,1-2H3/q-1. The quantitative estimate of drug-likeness (QED) is 0.278. The average Bonchev–Trinajstić information content (AvgIpc) is 2.40. The predicted molar refractivity (Wildman–Crippen MR) is 77.9 cm³/mol. The Labute approximate surface area is 112 Å². The molecule has 0 N–H and O–H groups in total. The van der Waals surface area contributed by atoms with Gasteiger partial charge in [-0.15, -0.1) is 0 Å². The Kier molecular flexibility index (Phi) is 3.80. The molecule has 0 fully saturated rings. The van der Waals surface area contributed by atoms with Crippen LogP contribution in [0.5, 0.6) is 0 Å². The molecule has 2 aromatic rings. The van der Waals surface area contributed by atoms with Crippen molar-refractivity contribution in [3.63, 3.8) is 0 Å². The molecule has 0 aromatic heterocycles. The van der Waals surface area contributed by atoms with E-state index in [1.54, 1.807) is 24.3 Å². The monoisotopic (exact) mass is 269 g/mol. The van der Waals surface area contributed by atoms with Gasteiger partial charge in [0.15, 0.2) is 0 Å². The maximum atomic E-state index is 13.1. The van der Waals surface area contributed by atoms with E-state index in [0.29, 0.717) is 10.6 Å². The van der Waals surface area contributed by atoms with Crippen LogP contribution in [0.4, 0.5) is 0 Å². The number of hydrogen-bond acceptors (Lipinski definition) is 1. The minimum atomic E-state index is -3.13. The molecule has 0 aliphatic carbocycles. The number of rotatable bonds is 3. The first kappa shape index (κ1) is 13.5. The van der Waals surface area contributed by atoms with Crippen LogP contribution in [0.15, 0.2) is 48.5 Å². The highest BCUT2D eigenvalue weighted by Gasteiger charge is 2.19. The van der Waals surface area contributed by atoms with Crippen molar-refractivity contribution >= 4 is 23.7 Å². The second kappa shape index (κ2) is 5.36. The molecule has 96 valence electrons. The fraction of sp³-hybridized carbons (Fsp3) is 0.133. The van der Waals surface area contributed by atoms with Crippen molar-refractivity contribution in [1.29, 1.82) is 0 Å². The molecule has 4 heteroatoms. The molecule has 0 spiro atoms. The molecule has 2 rings (SSSR count). The van der Waals surface area contributed by atoms with Crippen molar-refractivity contribution < 1.29 is 9.35 Å². The Morgan fingerprint density at radius 1 is 0.895 bits per heavy atom. The third-order valence-electron chi connectivity index (χ3n) is 2.98. The van der Waals surface area contributed by atoms with E-state index in [1.807, 2.05) is 38.1 Å². The van der Waals surface area contributed by atoms with E-state index in [0.717, 1.165) is 11.1 Å². The minimum Gasteiger partial charge on any atom is -0.407 e. The molecule has 0 atom stereocenters. The summed E-state index contributed by atoms with van der Waals surface area (Å²) in [6, 6.07) is 14.7. The highest BCUT2D eigenvalue weighted by atomic mass is 31.2. The molecule has 2 aromatic carbocycles. The van der Waals surface area contributed by atoms with Gasteiger partial charge in [-0.05, 0) is 24.5 Å². The first-order valence-corrected chi connectivity index (χ1v) is 7.63. The van der Waals surface area contributed by atoms with Crippen LogP contribution < -0.4 is 10.6 Å². The summed E-state index contributed by atoms with van der Waals surface area (Å²) in [5.74, 6) is 2.37. The van der Waals surface area contributed by atoms with Gasteiger partial charge < -0.3 is 14.9 Å². The van der Waals surface area contributed by atoms with Gasteiger partial charge in [0, 0.05) is 5.96 Å². The van der Waals surface area contributed by atoms with Crippen LogP contribution in [0.2, 0.25) is 0 Å². The minimum absolute atomic E-state index is 0.611. The van der Waals surface area contributed by atoms with Crippen LogP contribution in [0.1, 0.15) is 11.1 Å². The van der Waals surface area contributed by atoms with E-state index >= 15 is 0 Å². The summed E-state index contributed by atoms with van der Waals surface area (Å²) in [6.07, 6.45) is 0. The summed E-state index contributed by atoms with van der Waals surface area (Å²) in [5.41, 5.74) is 10.9. The van der Waals surface area contributed by atoms with Crippen molar-refractivity contribution in [3.05, 3.63) is 65.2 Å². The van der Waals surface area contributed by atoms with Gasteiger partial charge in [0.25, 0.3) is 0 Å². The molecule has 3 nitrogen and oxygen atoms in total. The number of hydrogen-bond donors (Lipinski definition) is 0. The lowest BCUT2D eigenvalue weighted by Gasteiger charge is -2.19. The number of aryl methyl sites for hydroxylation is 2. The van der Waals surface area contributed by atoms with E-state index in [-0.39, 0.29) is 0 Å². The van der Waals surface area contributed by atoms with Gasteiger partial charge in [-0.1, -0.05) is 59.7 Å². The Hall–Kier alpha value is -1.95. The zero-order valence-electron chi connectivity index (χ0n) is 10.9. The lowest BCUT2D eigenvalue weighted by molar-refractivity contribution is 0.00756. The smallest absolute Gasteiger partial charge is 0.0793 e. The highest BCUT2D eigenvalue weighted by Crippen LogP contribution is 2.39. The molecule has 0 amide bonds. The highest BCUT2D eigenvalue weighted by molar-refractivity contribution is 7.91. The molecule has 0 saturated carbocycles. The SMILES string of the molecule is Cc1ccc(P(=O)([C-]=[N+]=[N-])c2ccc(C)cc2)cc1. The lowest BCUT2D eigenvalue weighted by atomic mass is 10.2. The molecular weight excluding hydrogens is 255 g/mol. The van der Waals surface area contributed by atoms with E-state index in [9.17, 15) is 4.57 Å². The van der Waals surface area contributed by atoms with E-state index in [4.69, 9.17) is 5.53 Å². The van der Waals surface area contributed by atoms with Gasteiger partial charge in [0.1, 0.15) is 0 Å². The van der Waals surface area contributed by atoms with Crippen molar-refractivity contribution in [2.45, 2.75) is 13.8 Å². The summed E-state index contributed by atoms with van der Waals surface area (Å²) in [5, 5.41) is 1.22. The van der Waals surface area contributed by atoms with Gasteiger partial charge in [-0.25, -0.2) is 0 Å². The predicted octanol–water partition coefficient (Wildman–Crippen LogP) is 2.75. The van der Waals surface area contributed by atoms with Crippen molar-refractivity contribution in [2.24, 2.45) is 0 Å². The van der Waals surface area contributed by atoms with Gasteiger partial charge in [-0.3, -0.25) is 0 Å². The number of benzene rings is 2. The normalized spacial score (nSPS) is 10.8. The fourth-order valence-electron chi connectivity index (χ4n) is 1.84. The molecule has 0 heterocycles. The topological polar surface area (TPSA) is 53.5 Å². The van der Waals surface area contributed by atoms with Crippen molar-refractivity contribution in [1.82, 2.24) is 0 Å². The Morgan fingerprint density at radius 3 is 1.58 bits per heavy atom. The summed E-state index contributed by atoms with van der Waals surface area (Å²) >= 11 is 0. The van der Waals surface area contributed by atoms with E-state index in [1.165, 1.54) is 0 Å². The summed E-state index contributed by atoms with van der Waals surface area (Å²) in [7, 11) is -3.13. The maximum absolute atomic E-state index is 13.1. The third-order valence-corrected chi connectivity index (χ3v) is 5.40. The zero-order chi connectivity index (χ0) is 13.9. The van der Waals surface area contributed by atoms with Crippen LogP contribution >= 0.6 is 7.14 Å². The van der Waals surface area contributed by atoms with Crippen LogP contribution in [-0.4, -0.2) is 10.7 Å². The van der Waals surface area contributed by atoms with Crippen LogP contribution in [0, 0.1) is 13.8 Å². The molecule has 0 saturated heterocycles. The molecule has 0 aliphatic heterocycles. The number of nitrogens with zero attached hydrogens (tertiary/aromatic N) is 2. The van der Waals surface area contributed by atoms with E-state index < -0.39 is 7.14 Å². The second-order valence-electron chi connectivity index (χ2n) is 4.48. The molecule has 0 aliphatic rings. The molecule has 0 bridgehead atoms. The molecule has 19 heavy (non-hydrogen) atoms. The molecule has 0 radical (unpaired) electrons. The van der Waals surface area contributed by atoms with Crippen LogP contribution in [0.25, 0.3) is 5.53 Å². The average molecular weight is 269 g/mol. The third kappa shape index (κ3) is 2.73. The Bertz CT molecular complexity index is 619. The van der Waals surface area contributed by atoms with Gasteiger partial charge in [-0.2, -0.15) is 0 Å². The molecular formula is C15H14N2OP-. The van der Waals surface area contributed by atoms with E-state index in [2.05, 4.69) is 10.7 Å². The Morgan fingerprint density at radius 2 is 1.26 bits per heavy atom. The van der Waals surface area contributed by atoms with Crippen molar-refractivity contribution in [2.75, 3.05) is 0 Å². The second-order valence-corrected chi connectivity index (χ2v) is 6.93. The van der Waals surface area contributed by atoms with Crippen molar-refractivity contribution in [3.8, 4) is 0 Å². The summed E-state index contributed by atoms with van der Waals surface area (Å²) < 4.78 is 13.1. The first-order valence-electron chi connectivity index (χ1n) is 5.92. The van der Waals surface area contributed by atoms with Crippen LogP contribution in [-0.2, 0) is 4.57 Å². The zero-order valence-corrected chi connectivity index (χ0v) is 11.8.